The summed E-state index contributed by atoms with van der Waals surface area (Å²) in [6.07, 6.45) is 0.665. The summed E-state index contributed by atoms with van der Waals surface area (Å²) >= 11 is 0. The molecule has 3 aromatic rings. The van der Waals surface area contributed by atoms with Crippen molar-refractivity contribution >= 4 is 11.0 Å². The molecule has 0 aliphatic rings. The number of benzene rings is 2. The van der Waals surface area contributed by atoms with E-state index < -0.39 is 11.9 Å². The van der Waals surface area contributed by atoms with Crippen LogP contribution in [-0.2, 0) is 28.9 Å². The number of halogens is 1. The van der Waals surface area contributed by atoms with E-state index in [-0.39, 0.29) is 12.4 Å². The fourth-order valence-electron chi connectivity index (χ4n) is 3.29. The van der Waals surface area contributed by atoms with E-state index in [1.165, 1.54) is 12.1 Å². The molecule has 2 N–H and O–H groups in total. The summed E-state index contributed by atoms with van der Waals surface area (Å²) in [4.78, 5) is 0. The number of furan rings is 1. The summed E-state index contributed by atoms with van der Waals surface area (Å²) in [6.45, 7) is 7.68. The number of nitrogens with one attached hydrogen (secondary N) is 1. The quantitative estimate of drug-likeness (QED) is 0.345. The van der Waals surface area contributed by atoms with E-state index in [1.54, 1.807) is 0 Å². The van der Waals surface area contributed by atoms with Gasteiger partial charge in [0.15, 0.2) is 6.29 Å². The number of fused-ring (bicyclic) bond motifs is 1. The van der Waals surface area contributed by atoms with Crippen LogP contribution in [0.25, 0.3) is 11.0 Å². The summed E-state index contributed by atoms with van der Waals surface area (Å²) in [5.41, 5.74) is 2.69. The minimum Gasteiger partial charge on any atom is -0.461 e. The molecule has 5 nitrogen and oxygen atoms in total. The molecule has 0 aliphatic carbocycles. The minimum atomic E-state index is -0.918. The van der Waals surface area contributed by atoms with Crippen LogP contribution >= 0.6 is 0 Å². The van der Waals surface area contributed by atoms with Gasteiger partial charge in [-0.1, -0.05) is 24.3 Å². The van der Waals surface area contributed by atoms with E-state index in [9.17, 15) is 9.50 Å². The van der Waals surface area contributed by atoms with Crippen molar-refractivity contribution in [3.63, 3.8) is 0 Å². The van der Waals surface area contributed by atoms with Crippen LogP contribution in [0.5, 0.6) is 0 Å². The second kappa shape index (κ2) is 10.9. The van der Waals surface area contributed by atoms with Gasteiger partial charge in [-0.2, -0.15) is 0 Å². The molecule has 1 unspecified atom stereocenters. The third-order valence-corrected chi connectivity index (χ3v) is 4.71. The van der Waals surface area contributed by atoms with Crippen LogP contribution in [0.2, 0.25) is 0 Å². The smallest absolute Gasteiger partial charge is 0.178 e. The number of aryl methyl sites for hydroxylation is 2. The highest BCUT2D eigenvalue weighted by atomic mass is 19.1. The summed E-state index contributed by atoms with van der Waals surface area (Å²) in [7, 11) is 0. The molecule has 1 atom stereocenters. The van der Waals surface area contributed by atoms with Gasteiger partial charge in [-0.25, -0.2) is 4.39 Å². The molecule has 0 fully saturated rings. The molecule has 3 rings (SSSR count). The van der Waals surface area contributed by atoms with Gasteiger partial charge in [0.25, 0.3) is 0 Å². The van der Waals surface area contributed by atoms with Crippen LogP contribution in [0.1, 0.15) is 37.7 Å². The second-order valence-corrected chi connectivity index (χ2v) is 8.65. The predicted octanol–water partition coefficient (Wildman–Crippen LogP) is 4.60. The lowest BCUT2D eigenvalue weighted by atomic mass is 10.1. The number of hydrogen-bond acceptors (Lipinski definition) is 5. The molecule has 0 saturated heterocycles. The van der Waals surface area contributed by atoms with Gasteiger partial charge in [-0.05, 0) is 62.6 Å². The van der Waals surface area contributed by atoms with Gasteiger partial charge in [-0.15, -0.1) is 0 Å². The van der Waals surface area contributed by atoms with Gasteiger partial charge < -0.3 is 24.3 Å². The SMILES string of the molecule is CC(C)(C)OC(O)COCCNCc1ccc2cc(CCc3ccc(F)cc3)oc2c1. The Labute approximate surface area is 183 Å². The highest BCUT2D eigenvalue weighted by Gasteiger charge is 2.16. The maximum Gasteiger partial charge on any atom is 0.178 e. The molecule has 6 heteroatoms. The molecular formula is C25H32FNO4. The zero-order valence-electron chi connectivity index (χ0n) is 18.5. The number of aliphatic hydroxyl groups is 1. The zero-order chi connectivity index (χ0) is 22.3. The summed E-state index contributed by atoms with van der Waals surface area (Å²) in [5, 5.41) is 14.1. The van der Waals surface area contributed by atoms with E-state index in [0.717, 1.165) is 40.7 Å². The molecule has 0 saturated carbocycles. The molecule has 1 aromatic heterocycles. The van der Waals surface area contributed by atoms with Crippen LogP contribution in [0, 0.1) is 5.82 Å². The fraction of sp³-hybridized carbons (Fsp3) is 0.440. The Kier molecular flexibility index (Phi) is 8.21. The Morgan fingerprint density at radius 2 is 1.77 bits per heavy atom. The fourth-order valence-corrected chi connectivity index (χ4v) is 3.29. The molecule has 0 aliphatic heterocycles. The Bertz CT molecular complexity index is 946. The molecule has 0 radical (unpaired) electrons. The van der Waals surface area contributed by atoms with Gasteiger partial charge in [0.1, 0.15) is 17.2 Å². The second-order valence-electron chi connectivity index (χ2n) is 8.65. The van der Waals surface area contributed by atoms with E-state index >= 15 is 0 Å². The van der Waals surface area contributed by atoms with Crippen molar-refractivity contribution in [1.82, 2.24) is 5.32 Å². The third-order valence-electron chi connectivity index (χ3n) is 4.71. The predicted molar refractivity (Wildman–Crippen MR) is 119 cm³/mol. The first kappa shape index (κ1) is 23.4. The standard InChI is InChI=1S/C25H32FNO4/c1-25(2,3)31-24(28)17-29-13-12-27-16-19-4-8-20-15-22(30-23(20)14-19)11-7-18-5-9-21(26)10-6-18/h4-6,8-10,14-15,24,27-28H,7,11-13,16-17H2,1-3H3. The van der Waals surface area contributed by atoms with Gasteiger partial charge in [0.2, 0.25) is 0 Å². The highest BCUT2D eigenvalue weighted by Crippen LogP contribution is 2.22. The summed E-state index contributed by atoms with van der Waals surface area (Å²) in [6, 6.07) is 14.8. The maximum absolute atomic E-state index is 13.0. The van der Waals surface area contributed by atoms with Crippen LogP contribution in [0.3, 0.4) is 0 Å². The lowest BCUT2D eigenvalue weighted by molar-refractivity contribution is -0.190. The van der Waals surface area contributed by atoms with Crippen LogP contribution in [0.15, 0.2) is 52.9 Å². The normalized spacial score (nSPS) is 13.1. The first-order chi connectivity index (χ1) is 14.8. The highest BCUT2D eigenvalue weighted by molar-refractivity contribution is 5.78. The van der Waals surface area contributed by atoms with E-state index in [4.69, 9.17) is 13.9 Å². The summed E-state index contributed by atoms with van der Waals surface area (Å²) < 4.78 is 29.8. The molecule has 0 spiro atoms. The number of rotatable bonds is 11. The van der Waals surface area contributed by atoms with Crippen molar-refractivity contribution in [3.05, 3.63) is 71.2 Å². The molecule has 2 aromatic carbocycles. The molecule has 1 heterocycles. The van der Waals surface area contributed by atoms with Gasteiger partial charge >= 0.3 is 0 Å². The van der Waals surface area contributed by atoms with E-state index in [2.05, 4.69) is 23.5 Å². The van der Waals surface area contributed by atoms with Crippen LogP contribution < -0.4 is 5.32 Å². The van der Waals surface area contributed by atoms with E-state index in [1.807, 2.05) is 39.0 Å². The Hall–Kier alpha value is -2.25. The van der Waals surface area contributed by atoms with Crippen molar-refractivity contribution in [3.8, 4) is 0 Å². The minimum absolute atomic E-state index is 0.151. The van der Waals surface area contributed by atoms with Crippen molar-refractivity contribution in [1.29, 1.82) is 0 Å². The lowest BCUT2D eigenvalue weighted by Gasteiger charge is -2.23. The molecule has 0 amide bonds. The first-order valence-electron chi connectivity index (χ1n) is 10.7. The number of ether oxygens (including phenoxy) is 2. The largest absolute Gasteiger partial charge is 0.461 e. The molecular weight excluding hydrogens is 397 g/mol. The maximum atomic E-state index is 13.0. The monoisotopic (exact) mass is 429 g/mol. The summed E-state index contributed by atoms with van der Waals surface area (Å²) in [5.74, 6) is 0.709. The van der Waals surface area contributed by atoms with Crippen molar-refractivity contribution < 1.29 is 23.4 Å². The topological polar surface area (TPSA) is 63.9 Å². The molecule has 0 bridgehead atoms. The van der Waals surface area contributed by atoms with Crippen LogP contribution in [-0.4, -0.2) is 36.8 Å². The molecule has 31 heavy (non-hydrogen) atoms. The Morgan fingerprint density at radius 1 is 1.03 bits per heavy atom. The Balaban J connectivity index is 1.40. The number of hydrogen-bond donors (Lipinski definition) is 2. The first-order valence-corrected chi connectivity index (χ1v) is 10.7. The molecule has 168 valence electrons. The average Bonchev–Trinajstić information content (AvgIpc) is 3.11. The zero-order valence-corrected chi connectivity index (χ0v) is 18.5. The lowest BCUT2D eigenvalue weighted by Crippen LogP contribution is -2.31. The average molecular weight is 430 g/mol. The van der Waals surface area contributed by atoms with Gasteiger partial charge in [0, 0.05) is 24.9 Å². The Morgan fingerprint density at radius 3 is 2.52 bits per heavy atom. The van der Waals surface area contributed by atoms with Gasteiger partial charge in [-0.3, -0.25) is 0 Å². The number of aliphatic hydroxyl groups excluding tert-OH is 1. The van der Waals surface area contributed by atoms with Crippen molar-refractivity contribution in [2.75, 3.05) is 19.8 Å². The third kappa shape index (κ3) is 8.07. The van der Waals surface area contributed by atoms with Crippen molar-refractivity contribution in [2.45, 2.75) is 52.0 Å². The van der Waals surface area contributed by atoms with E-state index in [0.29, 0.717) is 19.7 Å². The van der Waals surface area contributed by atoms with Crippen LogP contribution in [0.4, 0.5) is 4.39 Å². The van der Waals surface area contributed by atoms with Crippen molar-refractivity contribution in [2.24, 2.45) is 0 Å². The van der Waals surface area contributed by atoms with Gasteiger partial charge in [0.05, 0.1) is 18.8 Å².